The molecule has 0 saturated carbocycles. The van der Waals surface area contributed by atoms with E-state index >= 15 is 0 Å². The second-order valence-electron chi connectivity index (χ2n) is 6.54. The van der Waals surface area contributed by atoms with Crippen LogP contribution in [0.15, 0.2) is 55.4 Å². The zero-order valence-corrected chi connectivity index (χ0v) is 15.1. The smallest absolute Gasteiger partial charge is 0.225 e. The van der Waals surface area contributed by atoms with Crippen molar-refractivity contribution in [3.8, 4) is 5.82 Å². The van der Waals surface area contributed by atoms with Gasteiger partial charge < -0.3 is 10.2 Å². The van der Waals surface area contributed by atoms with Gasteiger partial charge in [-0.3, -0.25) is 14.6 Å². The number of rotatable bonds is 6. The van der Waals surface area contributed by atoms with E-state index in [1.807, 2.05) is 24.3 Å². The van der Waals surface area contributed by atoms with E-state index in [9.17, 15) is 9.59 Å². The number of nitrogens with one attached hydrogen (secondary N) is 1. The fourth-order valence-electron chi connectivity index (χ4n) is 3.21. The number of aromatic nitrogens is 5. The molecule has 0 unspecified atom stereocenters. The molecule has 1 fully saturated rings. The highest BCUT2D eigenvalue weighted by Crippen LogP contribution is 2.20. The van der Waals surface area contributed by atoms with Gasteiger partial charge >= 0.3 is 0 Å². The molecule has 1 saturated heterocycles. The summed E-state index contributed by atoms with van der Waals surface area (Å²) in [6, 6.07) is 9.26. The monoisotopic (exact) mass is 377 g/mol. The second kappa shape index (κ2) is 7.95. The van der Waals surface area contributed by atoms with Crippen LogP contribution in [0, 0.1) is 5.92 Å². The third kappa shape index (κ3) is 3.88. The van der Waals surface area contributed by atoms with Gasteiger partial charge in [0.05, 0.1) is 18.2 Å². The topological polar surface area (TPSA) is 106 Å². The van der Waals surface area contributed by atoms with Crippen molar-refractivity contribution in [1.82, 2.24) is 34.9 Å². The lowest BCUT2D eigenvalue weighted by molar-refractivity contribution is -0.129. The maximum absolute atomic E-state index is 12.6. The standard InChI is InChI=1S/C19H19N7O2/c27-17-8-15(10-25(17)11-16-5-1-2-6-21-16)19(28)23-9-14-4-3-7-22-18(14)26-13-20-12-24-26/h1-7,12-13,15H,8-11H2,(H,23,28)/t15-/m0/s1. The summed E-state index contributed by atoms with van der Waals surface area (Å²) in [4.78, 5) is 39.0. The molecule has 1 aliphatic rings. The van der Waals surface area contributed by atoms with Crippen molar-refractivity contribution in [3.05, 3.63) is 66.6 Å². The predicted octanol–water partition coefficient (Wildman–Crippen LogP) is 0.722. The summed E-state index contributed by atoms with van der Waals surface area (Å²) in [7, 11) is 0. The first-order valence-electron chi connectivity index (χ1n) is 8.95. The Morgan fingerprint density at radius 3 is 2.86 bits per heavy atom. The molecule has 28 heavy (non-hydrogen) atoms. The Hall–Kier alpha value is -3.62. The highest BCUT2D eigenvalue weighted by Gasteiger charge is 2.34. The molecular formula is C19H19N7O2. The highest BCUT2D eigenvalue weighted by molar-refractivity contribution is 5.89. The Kier molecular flexibility index (Phi) is 5.05. The van der Waals surface area contributed by atoms with Gasteiger partial charge in [0.2, 0.25) is 11.8 Å². The molecule has 2 amide bonds. The van der Waals surface area contributed by atoms with Crippen LogP contribution in [0.2, 0.25) is 0 Å². The number of hydrogen-bond acceptors (Lipinski definition) is 6. The lowest BCUT2D eigenvalue weighted by Gasteiger charge is -2.16. The summed E-state index contributed by atoms with van der Waals surface area (Å²) in [5, 5.41) is 7.00. The van der Waals surface area contributed by atoms with E-state index in [4.69, 9.17) is 0 Å². The van der Waals surface area contributed by atoms with Gasteiger partial charge in [-0.15, -0.1) is 0 Å². The van der Waals surface area contributed by atoms with Crippen molar-refractivity contribution in [2.45, 2.75) is 19.5 Å². The molecule has 4 heterocycles. The quantitative estimate of drug-likeness (QED) is 0.679. The molecule has 0 spiro atoms. The summed E-state index contributed by atoms with van der Waals surface area (Å²) in [5.74, 6) is 0.0584. The van der Waals surface area contributed by atoms with Gasteiger partial charge in [-0.05, 0) is 18.2 Å². The van der Waals surface area contributed by atoms with E-state index in [1.54, 1.807) is 34.4 Å². The highest BCUT2D eigenvalue weighted by atomic mass is 16.2. The van der Waals surface area contributed by atoms with Crippen LogP contribution in [0.1, 0.15) is 17.7 Å². The summed E-state index contributed by atoms with van der Waals surface area (Å²) in [6.45, 7) is 1.11. The van der Waals surface area contributed by atoms with Crippen molar-refractivity contribution in [2.75, 3.05) is 6.54 Å². The predicted molar refractivity (Wildman–Crippen MR) is 98.8 cm³/mol. The molecule has 142 valence electrons. The summed E-state index contributed by atoms with van der Waals surface area (Å²) in [5.41, 5.74) is 1.63. The fraction of sp³-hybridized carbons (Fsp3) is 0.263. The molecule has 9 heteroatoms. The molecular weight excluding hydrogens is 358 g/mol. The maximum Gasteiger partial charge on any atom is 0.225 e. The van der Waals surface area contributed by atoms with Crippen LogP contribution in [0.4, 0.5) is 0 Å². The number of likely N-dealkylation sites (tertiary alicyclic amines) is 1. The van der Waals surface area contributed by atoms with Crippen LogP contribution in [0.3, 0.4) is 0 Å². The van der Waals surface area contributed by atoms with Gasteiger partial charge in [-0.25, -0.2) is 14.6 Å². The number of carbonyl (C=O) groups is 2. The third-order valence-electron chi connectivity index (χ3n) is 4.62. The minimum Gasteiger partial charge on any atom is -0.352 e. The minimum atomic E-state index is -0.372. The van der Waals surface area contributed by atoms with Gasteiger partial charge in [-0.2, -0.15) is 5.10 Å². The van der Waals surface area contributed by atoms with E-state index in [1.165, 1.54) is 6.33 Å². The maximum atomic E-state index is 12.6. The molecule has 9 nitrogen and oxygen atoms in total. The normalized spacial score (nSPS) is 16.4. The first-order valence-corrected chi connectivity index (χ1v) is 8.95. The molecule has 0 aliphatic carbocycles. The van der Waals surface area contributed by atoms with Gasteiger partial charge in [0.25, 0.3) is 0 Å². The molecule has 1 aliphatic heterocycles. The summed E-state index contributed by atoms with van der Waals surface area (Å²) in [6.07, 6.45) is 6.55. The van der Waals surface area contributed by atoms with Crippen LogP contribution in [-0.4, -0.2) is 48.0 Å². The van der Waals surface area contributed by atoms with Gasteiger partial charge in [0.1, 0.15) is 12.7 Å². The molecule has 1 N–H and O–H groups in total. The molecule has 1 atom stereocenters. The molecule has 0 radical (unpaired) electrons. The van der Waals surface area contributed by atoms with E-state index in [2.05, 4.69) is 25.4 Å². The van der Waals surface area contributed by atoms with Crippen molar-refractivity contribution < 1.29 is 9.59 Å². The Labute approximate surface area is 161 Å². The largest absolute Gasteiger partial charge is 0.352 e. The van der Waals surface area contributed by atoms with E-state index in [-0.39, 0.29) is 24.2 Å². The minimum absolute atomic E-state index is 0.0320. The number of carbonyl (C=O) groups excluding carboxylic acids is 2. The zero-order valence-electron chi connectivity index (χ0n) is 15.1. The Balaban J connectivity index is 1.37. The summed E-state index contributed by atoms with van der Waals surface area (Å²) >= 11 is 0. The SMILES string of the molecule is O=C(NCc1cccnc1-n1cncn1)[C@H]1CC(=O)N(Cc2ccccn2)C1. The van der Waals surface area contributed by atoms with Crippen molar-refractivity contribution in [3.63, 3.8) is 0 Å². The molecule has 3 aromatic rings. The zero-order chi connectivity index (χ0) is 19.3. The van der Waals surface area contributed by atoms with Crippen LogP contribution >= 0.6 is 0 Å². The van der Waals surface area contributed by atoms with Crippen LogP contribution in [0.5, 0.6) is 0 Å². The Morgan fingerprint density at radius 1 is 1.18 bits per heavy atom. The third-order valence-corrected chi connectivity index (χ3v) is 4.62. The average Bonchev–Trinajstić information content (AvgIpc) is 3.38. The molecule has 4 rings (SSSR count). The van der Waals surface area contributed by atoms with Crippen LogP contribution in [0.25, 0.3) is 5.82 Å². The van der Waals surface area contributed by atoms with Gasteiger partial charge in [0.15, 0.2) is 5.82 Å². The lowest BCUT2D eigenvalue weighted by Crippen LogP contribution is -2.33. The van der Waals surface area contributed by atoms with E-state index < -0.39 is 0 Å². The number of amides is 2. The van der Waals surface area contributed by atoms with Crippen molar-refractivity contribution >= 4 is 11.8 Å². The first kappa shape index (κ1) is 17.8. The van der Waals surface area contributed by atoms with Crippen LogP contribution < -0.4 is 5.32 Å². The number of pyridine rings is 2. The Morgan fingerprint density at radius 2 is 2.07 bits per heavy atom. The lowest BCUT2D eigenvalue weighted by atomic mass is 10.1. The molecule has 0 bridgehead atoms. The van der Waals surface area contributed by atoms with Crippen molar-refractivity contribution in [1.29, 1.82) is 0 Å². The second-order valence-corrected chi connectivity index (χ2v) is 6.54. The number of hydrogen-bond donors (Lipinski definition) is 1. The van der Waals surface area contributed by atoms with Crippen LogP contribution in [-0.2, 0) is 22.7 Å². The summed E-state index contributed by atoms with van der Waals surface area (Å²) < 4.78 is 1.55. The average molecular weight is 377 g/mol. The van der Waals surface area contributed by atoms with E-state index in [0.717, 1.165) is 11.3 Å². The van der Waals surface area contributed by atoms with Crippen molar-refractivity contribution in [2.24, 2.45) is 5.92 Å². The first-order chi connectivity index (χ1) is 13.7. The van der Waals surface area contributed by atoms with Gasteiger partial charge in [0, 0.05) is 37.5 Å². The molecule has 3 aromatic heterocycles. The van der Waals surface area contributed by atoms with Gasteiger partial charge in [-0.1, -0.05) is 12.1 Å². The Bertz CT molecular complexity index is 959. The number of nitrogens with zero attached hydrogens (tertiary/aromatic N) is 6. The fourth-order valence-corrected chi connectivity index (χ4v) is 3.21. The van der Waals surface area contributed by atoms with E-state index in [0.29, 0.717) is 25.5 Å². The molecule has 0 aromatic carbocycles.